The highest BCUT2D eigenvalue weighted by Gasteiger charge is 2.50. The molecule has 0 N–H and O–H groups in total. The van der Waals surface area contributed by atoms with Gasteiger partial charge in [0.2, 0.25) is 0 Å². The lowest BCUT2D eigenvalue weighted by Crippen LogP contribution is -1.91. The lowest BCUT2D eigenvalue weighted by atomic mass is 10.0. The molecule has 0 heterocycles. The summed E-state index contributed by atoms with van der Waals surface area (Å²) >= 11 is 0. The predicted molar refractivity (Wildman–Crippen MR) is 69.8 cm³/mol. The Labute approximate surface area is 103 Å². The maximum Gasteiger partial charge on any atom is 0.118 e. The fraction of sp³-hybridized carbons (Fsp3) is 0.533. The molecule has 0 aromatic heterocycles. The molecule has 0 aliphatic heterocycles. The van der Waals surface area contributed by atoms with Gasteiger partial charge in [0.05, 0.1) is 13.2 Å². The Morgan fingerprint density at radius 2 is 1.76 bits per heavy atom. The number of ether oxygens (including phenoxy) is 1. The smallest absolute Gasteiger partial charge is 0.118 e. The molecular formula is C15H19NO. The van der Waals surface area contributed by atoms with Crippen LogP contribution in [0.25, 0.3) is 0 Å². The Balaban J connectivity index is 1.62. The molecule has 2 unspecified atom stereocenters. The Kier molecular flexibility index (Phi) is 2.87. The van der Waals surface area contributed by atoms with Crippen molar-refractivity contribution in [2.45, 2.75) is 31.7 Å². The van der Waals surface area contributed by atoms with E-state index in [1.807, 2.05) is 18.3 Å². The third-order valence-electron chi connectivity index (χ3n) is 4.12. The van der Waals surface area contributed by atoms with Crippen molar-refractivity contribution >= 4 is 6.21 Å². The van der Waals surface area contributed by atoms with E-state index in [-0.39, 0.29) is 0 Å². The molecular weight excluding hydrogens is 210 g/mol. The van der Waals surface area contributed by atoms with Crippen molar-refractivity contribution in [1.29, 1.82) is 0 Å². The zero-order valence-corrected chi connectivity index (χ0v) is 10.3. The zero-order valence-electron chi connectivity index (χ0n) is 10.3. The minimum Gasteiger partial charge on any atom is -0.497 e. The summed E-state index contributed by atoms with van der Waals surface area (Å²) in [5.74, 6) is 2.71. The van der Waals surface area contributed by atoms with Crippen LogP contribution in [0, 0.1) is 11.8 Å². The van der Waals surface area contributed by atoms with Crippen molar-refractivity contribution in [3.63, 3.8) is 0 Å². The quantitative estimate of drug-likeness (QED) is 0.729. The molecule has 1 aromatic carbocycles. The minimum absolute atomic E-state index is 0.625. The molecule has 2 fully saturated rings. The van der Waals surface area contributed by atoms with Crippen molar-refractivity contribution in [1.82, 2.24) is 0 Å². The normalized spacial score (nSPS) is 31.2. The molecule has 2 aliphatic rings. The van der Waals surface area contributed by atoms with Crippen LogP contribution < -0.4 is 4.74 Å². The molecule has 90 valence electrons. The minimum atomic E-state index is 0.625. The topological polar surface area (TPSA) is 21.6 Å². The van der Waals surface area contributed by atoms with Gasteiger partial charge in [-0.3, -0.25) is 4.99 Å². The molecule has 2 heteroatoms. The lowest BCUT2D eigenvalue weighted by molar-refractivity contribution is 0.415. The number of nitrogens with zero attached hydrogens (tertiary/aromatic N) is 1. The first kappa shape index (κ1) is 10.8. The molecule has 2 nitrogen and oxygen atoms in total. The van der Waals surface area contributed by atoms with E-state index in [1.165, 1.54) is 31.2 Å². The average Bonchev–Trinajstić information content (AvgIpc) is 3.10. The van der Waals surface area contributed by atoms with Crippen molar-refractivity contribution in [2.24, 2.45) is 16.8 Å². The van der Waals surface area contributed by atoms with Gasteiger partial charge in [0.25, 0.3) is 0 Å². The first-order valence-corrected chi connectivity index (χ1v) is 6.56. The number of benzene rings is 1. The van der Waals surface area contributed by atoms with Gasteiger partial charge in [0, 0.05) is 6.21 Å². The van der Waals surface area contributed by atoms with E-state index in [2.05, 4.69) is 12.1 Å². The third kappa shape index (κ3) is 2.21. The maximum absolute atomic E-state index is 5.14. The molecule has 2 saturated carbocycles. The Bertz CT molecular complexity index is 397. The number of methoxy groups -OCH3 is 1. The Morgan fingerprint density at radius 3 is 2.35 bits per heavy atom. The molecule has 3 rings (SSSR count). The fourth-order valence-corrected chi connectivity index (χ4v) is 3.04. The van der Waals surface area contributed by atoms with Crippen LogP contribution in [0.4, 0.5) is 0 Å². The van der Waals surface area contributed by atoms with Crippen LogP contribution in [-0.2, 0) is 0 Å². The van der Waals surface area contributed by atoms with Crippen LogP contribution in [0.15, 0.2) is 29.3 Å². The molecule has 0 amide bonds. The Morgan fingerprint density at radius 1 is 1.12 bits per heavy atom. The summed E-state index contributed by atoms with van der Waals surface area (Å²) in [6.45, 7) is 0. The van der Waals surface area contributed by atoms with Gasteiger partial charge in [-0.15, -0.1) is 0 Å². The summed E-state index contributed by atoms with van der Waals surface area (Å²) < 4.78 is 5.14. The highest BCUT2D eigenvalue weighted by Crippen LogP contribution is 2.51. The van der Waals surface area contributed by atoms with E-state index >= 15 is 0 Å². The van der Waals surface area contributed by atoms with Crippen molar-refractivity contribution in [3.8, 4) is 5.75 Å². The van der Waals surface area contributed by atoms with Crippen molar-refractivity contribution in [3.05, 3.63) is 29.8 Å². The molecule has 0 bridgehead atoms. The molecule has 0 spiro atoms. The summed E-state index contributed by atoms with van der Waals surface area (Å²) in [7, 11) is 1.69. The highest BCUT2D eigenvalue weighted by molar-refractivity contribution is 5.80. The number of rotatable bonds is 3. The Hall–Kier alpha value is -1.31. The van der Waals surface area contributed by atoms with E-state index in [0.29, 0.717) is 6.04 Å². The van der Waals surface area contributed by atoms with Crippen molar-refractivity contribution < 1.29 is 4.74 Å². The fourth-order valence-electron chi connectivity index (χ4n) is 3.04. The van der Waals surface area contributed by atoms with Crippen molar-refractivity contribution in [2.75, 3.05) is 7.11 Å². The highest BCUT2D eigenvalue weighted by atomic mass is 16.5. The third-order valence-corrected chi connectivity index (χ3v) is 4.12. The molecule has 17 heavy (non-hydrogen) atoms. The van der Waals surface area contributed by atoms with Gasteiger partial charge in [0.15, 0.2) is 0 Å². The monoisotopic (exact) mass is 229 g/mol. The van der Waals surface area contributed by atoms with E-state index in [0.717, 1.165) is 17.6 Å². The van der Waals surface area contributed by atoms with Crippen LogP contribution >= 0.6 is 0 Å². The number of hydrogen-bond donors (Lipinski definition) is 0. The summed E-state index contributed by atoms with van der Waals surface area (Å²) in [6.07, 6.45) is 7.65. The van der Waals surface area contributed by atoms with Crippen LogP contribution in [0.5, 0.6) is 5.75 Å². The number of hydrogen-bond acceptors (Lipinski definition) is 2. The van der Waals surface area contributed by atoms with Gasteiger partial charge in [-0.1, -0.05) is 12.8 Å². The van der Waals surface area contributed by atoms with Crippen LogP contribution in [0.2, 0.25) is 0 Å². The second-order valence-electron chi connectivity index (χ2n) is 5.15. The van der Waals surface area contributed by atoms with Gasteiger partial charge in [-0.2, -0.15) is 0 Å². The number of aliphatic imine (C=N–C) groups is 1. The van der Waals surface area contributed by atoms with Crippen LogP contribution in [0.1, 0.15) is 31.2 Å². The zero-order chi connectivity index (χ0) is 11.7. The molecule has 1 aromatic rings. The van der Waals surface area contributed by atoms with E-state index < -0.39 is 0 Å². The van der Waals surface area contributed by atoms with E-state index in [9.17, 15) is 0 Å². The first-order chi connectivity index (χ1) is 8.38. The second-order valence-corrected chi connectivity index (χ2v) is 5.15. The van der Waals surface area contributed by atoms with Crippen LogP contribution in [0.3, 0.4) is 0 Å². The molecule has 0 radical (unpaired) electrons. The van der Waals surface area contributed by atoms with Crippen LogP contribution in [-0.4, -0.2) is 19.4 Å². The summed E-state index contributed by atoms with van der Waals surface area (Å²) in [5.41, 5.74) is 1.18. The van der Waals surface area contributed by atoms with Gasteiger partial charge in [0.1, 0.15) is 5.75 Å². The average molecular weight is 229 g/mol. The lowest BCUT2D eigenvalue weighted by Gasteiger charge is -2.04. The van der Waals surface area contributed by atoms with E-state index in [1.54, 1.807) is 7.11 Å². The number of fused-ring (bicyclic) bond motifs is 1. The molecule has 2 aliphatic carbocycles. The van der Waals surface area contributed by atoms with Gasteiger partial charge in [-0.05, 0) is 54.5 Å². The van der Waals surface area contributed by atoms with Gasteiger partial charge >= 0.3 is 0 Å². The largest absolute Gasteiger partial charge is 0.497 e. The summed E-state index contributed by atoms with van der Waals surface area (Å²) in [5, 5.41) is 0. The molecule has 2 atom stereocenters. The SMILES string of the molecule is COc1ccc(C=NC2C3CCCCC32)cc1. The van der Waals surface area contributed by atoms with E-state index in [4.69, 9.17) is 9.73 Å². The summed E-state index contributed by atoms with van der Waals surface area (Å²) in [6, 6.07) is 8.73. The predicted octanol–water partition coefficient (Wildman–Crippen LogP) is 3.30. The standard InChI is InChI=1S/C15H19NO/c1-17-12-8-6-11(7-9-12)10-16-15-13-4-2-3-5-14(13)15/h6-10,13-15H,2-5H2,1H3. The maximum atomic E-state index is 5.14. The summed E-state index contributed by atoms with van der Waals surface area (Å²) in [4.78, 5) is 4.74. The first-order valence-electron chi connectivity index (χ1n) is 6.56. The van der Waals surface area contributed by atoms with Gasteiger partial charge < -0.3 is 4.74 Å². The second kappa shape index (κ2) is 4.52. The molecule has 0 saturated heterocycles. The van der Waals surface area contributed by atoms with Gasteiger partial charge in [-0.25, -0.2) is 0 Å².